The molecule has 5 nitrogen and oxygen atoms in total. The Balaban J connectivity index is 1.58. The smallest absolute Gasteiger partial charge is 0.231 e. The highest BCUT2D eigenvalue weighted by molar-refractivity contribution is 6.15. The number of ketones is 1. The van der Waals surface area contributed by atoms with Crippen LogP contribution in [0, 0.1) is 0 Å². The van der Waals surface area contributed by atoms with Gasteiger partial charge in [0.25, 0.3) is 0 Å². The highest BCUT2D eigenvalue weighted by Crippen LogP contribution is 2.40. The average molecular weight is 407 g/mol. The molecule has 1 saturated heterocycles. The summed E-state index contributed by atoms with van der Waals surface area (Å²) >= 11 is 0. The lowest BCUT2D eigenvalue weighted by Gasteiger charge is -2.32. The van der Waals surface area contributed by atoms with Gasteiger partial charge in [-0.15, -0.1) is 0 Å². The van der Waals surface area contributed by atoms with Crippen molar-refractivity contribution in [3.05, 3.63) is 64.4 Å². The summed E-state index contributed by atoms with van der Waals surface area (Å²) in [7, 11) is 2.11. The van der Waals surface area contributed by atoms with Gasteiger partial charge in [-0.05, 0) is 41.8 Å². The molecule has 158 valence electrons. The van der Waals surface area contributed by atoms with E-state index in [0.29, 0.717) is 29.2 Å². The summed E-state index contributed by atoms with van der Waals surface area (Å²) in [6.07, 6.45) is 1.78. The summed E-state index contributed by atoms with van der Waals surface area (Å²) in [4.78, 5) is 17.5. The number of Topliss-reactive ketones (excluding diaryl/α,β-unsaturated/α-hetero) is 1. The minimum absolute atomic E-state index is 0.0806. The molecule has 2 aliphatic heterocycles. The quantitative estimate of drug-likeness (QED) is 0.780. The van der Waals surface area contributed by atoms with Crippen molar-refractivity contribution in [2.45, 2.75) is 32.7 Å². The molecule has 0 amide bonds. The van der Waals surface area contributed by atoms with Gasteiger partial charge in [-0.2, -0.15) is 0 Å². The molecule has 0 aromatic heterocycles. The number of likely N-dealkylation sites (N-methyl/N-ethyl adjacent to an activating group) is 1. The number of nitrogens with zero attached hydrogens (tertiary/aromatic N) is 2. The number of carbonyl (C=O) groups excluding carboxylic acids is 1. The van der Waals surface area contributed by atoms with E-state index >= 15 is 0 Å². The predicted octanol–water partition coefficient (Wildman–Crippen LogP) is 4.05. The summed E-state index contributed by atoms with van der Waals surface area (Å²) < 4.78 is 6.01. The fourth-order valence-electron chi connectivity index (χ4n) is 3.91. The Bertz CT molecular complexity index is 979. The Kier molecular flexibility index (Phi) is 5.43. The number of ether oxygens (including phenoxy) is 1. The summed E-state index contributed by atoms with van der Waals surface area (Å²) in [5, 5.41) is 10.5. The Morgan fingerprint density at radius 1 is 1.03 bits per heavy atom. The third kappa shape index (κ3) is 4.13. The molecule has 2 heterocycles. The molecule has 0 spiro atoms. The molecule has 0 radical (unpaired) electrons. The van der Waals surface area contributed by atoms with E-state index in [1.165, 1.54) is 5.56 Å². The van der Waals surface area contributed by atoms with Crippen LogP contribution in [0.1, 0.15) is 47.8 Å². The zero-order valence-electron chi connectivity index (χ0n) is 18.2. The minimum atomic E-state index is -0.135. The molecule has 4 rings (SSSR count). The molecular weight excluding hydrogens is 376 g/mol. The zero-order chi connectivity index (χ0) is 21.5. The van der Waals surface area contributed by atoms with Gasteiger partial charge in [0, 0.05) is 32.7 Å². The van der Waals surface area contributed by atoms with Crippen LogP contribution in [0.5, 0.6) is 11.5 Å². The van der Waals surface area contributed by atoms with Crippen LogP contribution >= 0.6 is 0 Å². The monoisotopic (exact) mass is 406 g/mol. The second-order valence-corrected chi connectivity index (χ2v) is 9.33. The van der Waals surface area contributed by atoms with Gasteiger partial charge >= 0.3 is 0 Å². The molecule has 2 aromatic carbocycles. The van der Waals surface area contributed by atoms with Gasteiger partial charge in [0.15, 0.2) is 5.76 Å². The molecule has 1 fully saturated rings. The molecule has 0 aliphatic carbocycles. The zero-order valence-corrected chi connectivity index (χ0v) is 18.2. The summed E-state index contributed by atoms with van der Waals surface area (Å²) in [5.41, 5.74) is 3.46. The number of carbonyl (C=O) groups is 1. The first-order valence-electron chi connectivity index (χ1n) is 10.5. The van der Waals surface area contributed by atoms with Crippen molar-refractivity contribution < 1.29 is 14.6 Å². The molecular formula is C25H30N2O3. The Hall–Kier alpha value is -2.63. The fourth-order valence-corrected chi connectivity index (χ4v) is 3.91. The third-order valence-electron chi connectivity index (χ3n) is 5.97. The van der Waals surface area contributed by atoms with E-state index in [1.54, 1.807) is 18.2 Å². The van der Waals surface area contributed by atoms with E-state index in [2.05, 4.69) is 49.8 Å². The number of aromatic hydroxyl groups is 1. The SMILES string of the molecule is CN1CCN(Cc2c(O)ccc3c2O/C(=C\c2ccc(C(C)(C)C)cc2)C3=O)CC1. The maximum atomic E-state index is 12.9. The van der Waals surface area contributed by atoms with Crippen LogP contribution in [-0.2, 0) is 12.0 Å². The van der Waals surface area contributed by atoms with Gasteiger partial charge in [0.1, 0.15) is 11.5 Å². The molecule has 5 heteroatoms. The number of hydrogen-bond donors (Lipinski definition) is 1. The molecule has 2 aliphatic rings. The minimum Gasteiger partial charge on any atom is -0.507 e. The Labute approximate surface area is 178 Å². The van der Waals surface area contributed by atoms with Crippen LogP contribution in [-0.4, -0.2) is 53.9 Å². The number of fused-ring (bicyclic) bond motifs is 1. The number of piperazine rings is 1. The van der Waals surface area contributed by atoms with Crippen LogP contribution in [0.3, 0.4) is 0 Å². The van der Waals surface area contributed by atoms with E-state index in [1.807, 2.05) is 12.1 Å². The van der Waals surface area contributed by atoms with Crippen molar-refractivity contribution in [2.75, 3.05) is 33.2 Å². The summed E-state index contributed by atoms with van der Waals surface area (Å²) in [6.45, 7) is 10.9. The van der Waals surface area contributed by atoms with Gasteiger partial charge in [-0.1, -0.05) is 45.0 Å². The molecule has 0 atom stereocenters. The summed E-state index contributed by atoms with van der Waals surface area (Å²) in [6, 6.07) is 11.5. The normalized spacial score (nSPS) is 19.2. The van der Waals surface area contributed by atoms with Crippen LogP contribution in [0.4, 0.5) is 0 Å². The Morgan fingerprint density at radius 2 is 1.70 bits per heavy atom. The highest BCUT2D eigenvalue weighted by Gasteiger charge is 2.32. The number of phenols is 1. The van der Waals surface area contributed by atoms with E-state index in [4.69, 9.17) is 4.74 Å². The molecule has 30 heavy (non-hydrogen) atoms. The largest absolute Gasteiger partial charge is 0.507 e. The topological polar surface area (TPSA) is 53.0 Å². The standard InChI is InChI=1S/C25H30N2O3/c1-25(2,3)18-7-5-17(6-8-18)15-22-23(29)19-9-10-21(28)20(24(19)30-22)16-27-13-11-26(4)12-14-27/h5-10,15,28H,11-14,16H2,1-4H3/b22-15-. The van der Waals surface area contributed by atoms with Crippen molar-refractivity contribution in [1.82, 2.24) is 9.80 Å². The van der Waals surface area contributed by atoms with Crippen LogP contribution in [0.2, 0.25) is 0 Å². The molecule has 0 saturated carbocycles. The first-order valence-corrected chi connectivity index (χ1v) is 10.5. The van der Waals surface area contributed by atoms with Crippen molar-refractivity contribution >= 4 is 11.9 Å². The van der Waals surface area contributed by atoms with E-state index < -0.39 is 0 Å². The van der Waals surface area contributed by atoms with Crippen molar-refractivity contribution in [1.29, 1.82) is 0 Å². The molecule has 1 N–H and O–H groups in total. The van der Waals surface area contributed by atoms with Crippen LogP contribution in [0.15, 0.2) is 42.2 Å². The number of hydrogen-bond acceptors (Lipinski definition) is 5. The number of phenolic OH excluding ortho intramolecular Hbond substituents is 1. The predicted molar refractivity (Wildman–Crippen MR) is 119 cm³/mol. The van der Waals surface area contributed by atoms with E-state index in [9.17, 15) is 9.90 Å². The third-order valence-corrected chi connectivity index (χ3v) is 5.97. The molecule has 0 bridgehead atoms. The maximum absolute atomic E-state index is 12.9. The summed E-state index contributed by atoms with van der Waals surface area (Å²) in [5.74, 6) is 0.844. The first-order chi connectivity index (χ1) is 14.2. The maximum Gasteiger partial charge on any atom is 0.231 e. The molecule has 2 aromatic rings. The van der Waals surface area contributed by atoms with Crippen molar-refractivity contribution in [3.8, 4) is 11.5 Å². The number of benzene rings is 2. The fraction of sp³-hybridized carbons (Fsp3) is 0.400. The van der Waals surface area contributed by atoms with Gasteiger partial charge in [0.2, 0.25) is 5.78 Å². The lowest BCUT2D eigenvalue weighted by atomic mass is 9.86. The van der Waals surface area contributed by atoms with Gasteiger partial charge < -0.3 is 14.7 Å². The first kappa shape index (κ1) is 20.6. The lowest BCUT2D eigenvalue weighted by Crippen LogP contribution is -2.43. The number of allylic oxidation sites excluding steroid dienone is 1. The average Bonchev–Trinajstić information content (AvgIpc) is 3.01. The van der Waals surface area contributed by atoms with Crippen molar-refractivity contribution in [3.63, 3.8) is 0 Å². The van der Waals surface area contributed by atoms with E-state index in [-0.39, 0.29) is 16.9 Å². The second kappa shape index (κ2) is 7.89. The molecule has 0 unspecified atom stereocenters. The van der Waals surface area contributed by atoms with Gasteiger partial charge in [-0.3, -0.25) is 9.69 Å². The van der Waals surface area contributed by atoms with E-state index in [0.717, 1.165) is 31.7 Å². The van der Waals surface area contributed by atoms with Crippen LogP contribution in [0.25, 0.3) is 6.08 Å². The lowest BCUT2D eigenvalue weighted by molar-refractivity contribution is 0.101. The van der Waals surface area contributed by atoms with Crippen molar-refractivity contribution in [2.24, 2.45) is 0 Å². The van der Waals surface area contributed by atoms with Gasteiger partial charge in [-0.25, -0.2) is 0 Å². The highest BCUT2D eigenvalue weighted by atomic mass is 16.5. The van der Waals surface area contributed by atoms with Crippen LogP contribution < -0.4 is 4.74 Å². The number of rotatable bonds is 3. The van der Waals surface area contributed by atoms with Gasteiger partial charge in [0.05, 0.1) is 11.1 Å². The Morgan fingerprint density at radius 3 is 2.33 bits per heavy atom. The second-order valence-electron chi connectivity index (χ2n) is 9.33.